The van der Waals surface area contributed by atoms with Gasteiger partial charge in [0.15, 0.2) is 0 Å². The molecule has 2 aromatic carbocycles. The summed E-state index contributed by atoms with van der Waals surface area (Å²) in [5.74, 6) is 1.15. The molecule has 0 aliphatic heterocycles. The minimum Gasteiger partial charge on any atom is -0.456 e. The van der Waals surface area contributed by atoms with Gasteiger partial charge in [-0.05, 0) is 61.0 Å². The van der Waals surface area contributed by atoms with Gasteiger partial charge in [0.1, 0.15) is 11.5 Å². The Balaban J connectivity index is 1.40. The number of hydrogen-bond acceptors (Lipinski definition) is 5. The minimum atomic E-state index is -0.153. The summed E-state index contributed by atoms with van der Waals surface area (Å²) in [5, 5.41) is 8.10. The smallest absolute Gasteiger partial charge is 0.251 e. The molecule has 0 aliphatic rings. The Bertz CT molecular complexity index is 1480. The summed E-state index contributed by atoms with van der Waals surface area (Å²) in [6, 6.07) is 19.1. The number of aryl methyl sites for hydroxylation is 1. The van der Waals surface area contributed by atoms with E-state index in [1.807, 2.05) is 73.3 Å². The summed E-state index contributed by atoms with van der Waals surface area (Å²) in [5.41, 5.74) is 5.19. The molecule has 0 atom stereocenters. The van der Waals surface area contributed by atoms with Crippen LogP contribution in [0, 0.1) is 6.92 Å². The van der Waals surface area contributed by atoms with Gasteiger partial charge >= 0.3 is 0 Å². The van der Waals surface area contributed by atoms with E-state index in [0.717, 1.165) is 33.3 Å². The van der Waals surface area contributed by atoms with Crippen molar-refractivity contribution in [3.05, 3.63) is 102 Å². The van der Waals surface area contributed by atoms with Crippen LogP contribution in [-0.2, 0) is 13.6 Å². The lowest BCUT2D eigenvalue weighted by atomic mass is 10.1. The first-order chi connectivity index (χ1) is 16.6. The predicted octanol–water partition coefficient (Wildman–Crippen LogP) is 5.06. The van der Waals surface area contributed by atoms with Crippen LogP contribution in [-0.4, -0.2) is 25.7 Å². The molecule has 0 saturated heterocycles. The molecular weight excluding hydrogens is 426 g/mol. The second kappa shape index (κ2) is 9.15. The Labute approximate surface area is 197 Å². The van der Waals surface area contributed by atoms with E-state index in [2.05, 4.69) is 20.4 Å². The van der Waals surface area contributed by atoms with Crippen LogP contribution < -0.4 is 10.1 Å². The van der Waals surface area contributed by atoms with E-state index in [-0.39, 0.29) is 5.91 Å². The number of carbonyl (C=O) groups excluding carboxylic acids is 1. The molecule has 5 aromatic rings. The molecule has 3 aromatic heterocycles. The van der Waals surface area contributed by atoms with Gasteiger partial charge in [-0.2, -0.15) is 5.10 Å². The molecule has 7 nitrogen and oxygen atoms in total. The van der Waals surface area contributed by atoms with Crippen molar-refractivity contribution in [1.29, 1.82) is 0 Å². The topological polar surface area (TPSA) is 81.9 Å². The van der Waals surface area contributed by atoms with Gasteiger partial charge in [-0.25, -0.2) is 0 Å². The first-order valence-electron chi connectivity index (χ1n) is 10.9. The van der Waals surface area contributed by atoms with Crippen molar-refractivity contribution in [3.8, 4) is 22.8 Å². The first-order valence-corrected chi connectivity index (χ1v) is 10.9. The highest BCUT2D eigenvalue weighted by Gasteiger charge is 2.14. The maximum Gasteiger partial charge on any atom is 0.251 e. The van der Waals surface area contributed by atoms with E-state index in [9.17, 15) is 4.79 Å². The molecule has 0 bridgehead atoms. The lowest BCUT2D eigenvalue weighted by molar-refractivity contribution is 0.0950. The molecule has 1 N–H and O–H groups in total. The average Bonchev–Trinajstić information content (AvgIpc) is 3.30. The van der Waals surface area contributed by atoms with Crippen LogP contribution in [0.1, 0.15) is 21.5 Å². The van der Waals surface area contributed by atoms with Gasteiger partial charge in [0.25, 0.3) is 5.91 Å². The third-order valence-corrected chi connectivity index (χ3v) is 5.77. The summed E-state index contributed by atoms with van der Waals surface area (Å²) in [6.45, 7) is 2.32. The predicted molar refractivity (Wildman–Crippen MR) is 131 cm³/mol. The van der Waals surface area contributed by atoms with Gasteiger partial charge in [0, 0.05) is 60.5 Å². The van der Waals surface area contributed by atoms with Crippen molar-refractivity contribution in [3.63, 3.8) is 0 Å². The van der Waals surface area contributed by atoms with E-state index in [1.54, 1.807) is 30.9 Å². The van der Waals surface area contributed by atoms with Crippen LogP contribution in [0.15, 0.2) is 85.5 Å². The van der Waals surface area contributed by atoms with Crippen LogP contribution >= 0.6 is 0 Å². The quantitative estimate of drug-likeness (QED) is 0.392. The number of nitrogens with one attached hydrogen (secondary N) is 1. The second-order valence-corrected chi connectivity index (χ2v) is 7.95. The Morgan fingerprint density at radius 1 is 0.971 bits per heavy atom. The standard InChI is InChI=1S/C27H23N5O2/c1-18-21(27(33)30-17-19-8-12-28-13-9-19)4-3-5-25(18)34-26-11-14-29-23-16-20(6-7-22(23)26)24-10-15-31-32(24)2/h3-16H,17H2,1-2H3,(H,30,33). The summed E-state index contributed by atoms with van der Waals surface area (Å²) in [7, 11) is 1.91. The molecule has 1 amide bonds. The number of carbonyl (C=O) groups is 1. The number of fused-ring (bicyclic) bond motifs is 1. The van der Waals surface area contributed by atoms with Gasteiger partial charge in [-0.15, -0.1) is 0 Å². The number of hydrogen-bond donors (Lipinski definition) is 1. The van der Waals surface area contributed by atoms with Crippen LogP contribution in [0.3, 0.4) is 0 Å². The molecule has 7 heteroatoms. The molecular formula is C27H23N5O2. The van der Waals surface area contributed by atoms with Crippen LogP contribution in [0.4, 0.5) is 0 Å². The highest BCUT2D eigenvalue weighted by Crippen LogP contribution is 2.33. The number of ether oxygens (including phenoxy) is 1. The van der Waals surface area contributed by atoms with Gasteiger partial charge in [0.05, 0.1) is 11.2 Å². The van der Waals surface area contributed by atoms with Crippen molar-refractivity contribution in [2.75, 3.05) is 0 Å². The maximum absolute atomic E-state index is 12.8. The molecule has 168 valence electrons. The van der Waals surface area contributed by atoms with Crippen molar-refractivity contribution >= 4 is 16.8 Å². The molecule has 0 spiro atoms. The number of nitrogens with zero attached hydrogens (tertiary/aromatic N) is 4. The monoisotopic (exact) mass is 449 g/mol. The number of pyridine rings is 2. The number of amides is 1. The van der Waals surface area contributed by atoms with Crippen molar-refractivity contribution in [2.24, 2.45) is 7.05 Å². The lowest BCUT2D eigenvalue weighted by Crippen LogP contribution is -2.23. The van der Waals surface area contributed by atoms with E-state index in [0.29, 0.717) is 23.6 Å². The first kappa shape index (κ1) is 21.3. The van der Waals surface area contributed by atoms with Crippen LogP contribution in [0.2, 0.25) is 0 Å². The molecule has 0 fully saturated rings. The Hall–Kier alpha value is -4.52. The average molecular weight is 450 g/mol. The zero-order valence-corrected chi connectivity index (χ0v) is 18.9. The molecule has 3 heterocycles. The van der Waals surface area contributed by atoms with E-state index in [4.69, 9.17) is 4.74 Å². The molecule has 0 aliphatic carbocycles. The zero-order valence-electron chi connectivity index (χ0n) is 18.9. The van der Waals surface area contributed by atoms with Gasteiger partial charge in [-0.1, -0.05) is 12.1 Å². The van der Waals surface area contributed by atoms with Crippen molar-refractivity contribution < 1.29 is 9.53 Å². The lowest BCUT2D eigenvalue weighted by Gasteiger charge is -2.14. The highest BCUT2D eigenvalue weighted by atomic mass is 16.5. The van der Waals surface area contributed by atoms with E-state index >= 15 is 0 Å². The number of benzene rings is 2. The summed E-state index contributed by atoms with van der Waals surface area (Å²) in [4.78, 5) is 21.4. The second-order valence-electron chi connectivity index (χ2n) is 7.95. The highest BCUT2D eigenvalue weighted by molar-refractivity contribution is 5.96. The van der Waals surface area contributed by atoms with Crippen LogP contribution in [0.25, 0.3) is 22.2 Å². The summed E-state index contributed by atoms with van der Waals surface area (Å²) >= 11 is 0. The Morgan fingerprint density at radius 3 is 2.62 bits per heavy atom. The zero-order chi connectivity index (χ0) is 23.5. The summed E-state index contributed by atoms with van der Waals surface area (Å²) < 4.78 is 8.11. The fraction of sp³-hybridized carbons (Fsp3) is 0.111. The molecule has 0 unspecified atom stereocenters. The van der Waals surface area contributed by atoms with E-state index < -0.39 is 0 Å². The molecule has 34 heavy (non-hydrogen) atoms. The van der Waals surface area contributed by atoms with Crippen molar-refractivity contribution in [1.82, 2.24) is 25.1 Å². The SMILES string of the molecule is Cc1c(Oc2ccnc3cc(-c4ccnn4C)ccc23)cccc1C(=O)NCc1ccncc1. The van der Waals surface area contributed by atoms with E-state index in [1.165, 1.54) is 0 Å². The number of rotatable bonds is 6. The summed E-state index contributed by atoms with van der Waals surface area (Å²) in [6.07, 6.45) is 6.92. The van der Waals surface area contributed by atoms with Gasteiger partial charge < -0.3 is 10.1 Å². The molecule has 0 radical (unpaired) electrons. The third-order valence-electron chi connectivity index (χ3n) is 5.77. The molecule has 5 rings (SSSR count). The van der Waals surface area contributed by atoms with Crippen molar-refractivity contribution in [2.45, 2.75) is 13.5 Å². The fourth-order valence-electron chi connectivity index (χ4n) is 3.89. The fourth-order valence-corrected chi connectivity index (χ4v) is 3.89. The Kier molecular flexibility index (Phi) is 5.74. The van der Waals surface area contributed by atoms with Gasteiger partial charge in [0.2, 0.25) is 0 Å². The molecule has 0 saturated carbocycles. The van der Waals surface area contributed by atoms with Gasteiger partial charge in [-0.3, -0.25) is 19.4 Å². The maximum atomic E-state index is 12.8. The minimum absolute atomic E-state index is 0.153. The third kappa shape index (κ3) is 4.23. The number of aromatic nitrogens is 4. The van der Waals surface area contributed by atoms with Crippen LogP contribution in [0.5, 0.6) is 11.5 Å². The normalized spacial score (nSPS) is 10.9. The largest absolute Gasteiger partial charge is 0.456 e. The Morgan fingerprint density at radius 2 is 1.82 bits per heavy atom.